The van der Waals surface area contributed by atoms with Crippen LogP contribution in [-0.2, 0) is 24.7 Å². The second kappa shape index (κ2) is 11.3. The molecule has 38 heavy (non-hydrogen) atoms. The number of hydrogen-bond acceptors (Lipinski definition) is 7. The maximum Gasteiger partial charge on any atom is 0.441 e. The third-order valence-corrected chi connectivity index (χ3v) is 5.30. The predicted octanol–water partition coefficient (Wildman–Crippen LogP) is 3.97. The van der Waals surface area contributed by atoms with E-state index in [9.17, 15) is 45.8 Å². The summed E-state index contributed by atoms with van der Waals surface area (Å²) in [6, 6.07) is 8.44. The fourth-order valence-corrected chi connectivity index (χ4v) is 3.28. The van der Waals surface area contributed by atoms with E-state index < -0.39 is 65.9 Å². The van der Waals surface area contributed by atoms with E-state index in [2.05, 4.69) is 9.47 Å². The number of carbonyl (C=O) groups excluding carboxylic acids is 3. The molecule has 0 aliphatic rings. The van der Waals surface area contributed by atoms with Crippen LogP contribution < -0.4 is 10.6 Å². The summed E-state index contributed by atoms with van der Waals surface area (Å²) < 4.78 is 93.9. The number of halogens is 6. The van der Waals surface area contributed by atoms with E-state index in [0.29, 0.717) is 12.1 Å². The van der Waals surface area contributed by atoms with E-state index >= 15 is 0 Å². The fourth-order valence-electron chi connectivity index (χ4n) is 3.28. The third kappa shape index (κ3) is 5.85. The van der Waals surface area contributed by atoms with E-state index in [-0.39, 0.29) is 11.1 Å². The third-order valence-electron chi connectivity index (χ3n) is 5.30. The first-order chi connectivity index (χ1) is 17.5. The highest BCUT2D eigenvalue weighted by Gasteiger charge is 2.65. The molecule has 0 radical (unpaired) electrons. The topological polar surface area (TPSA) is 114 Å². The minimum atomic E-state index is -5.64. The number of aliphatic hydroxyl groups is 1. The average molecular weight is 550 g/mol. The molecule has 0 aliphatic carbocycles. The quantitative estimate of drug-likeness (QED) is 0.246. The van der Waals surface area contributed by atoms with Gasteiger partial charge in [-0.2, -0.15) is 26.3 Å². The summed E-state index contributed by atoms with van der Waals surface area (Å²) in [6.07, 6.45) is -11.2. The van der Waals surface area contributed by atoms with Crippen LogP contribution in [0.5, 0.6) is 0 Å². The van der Waals surface area contributed by atoms with Crippen molar-refractivity contribution in [2.75, 3.05) is 18.5 Å². The van der Waals surface area contributed by atoms with E-state index in [4.69, 9.17) is 0 Å². The van der Waals surface area contributed by atoms with Crippen LogP contribution in [0.25, 0.3) is 0 Å². The van der Waals surface area contributed by atoms with Crippen LogP contribution in [0.1, 0.15) is 35.3 Å². The predicted molar refractivity (Wildman–Crippen MR) is 121 cm³/mol. The number of nitrogens with one attached hydrogen (secondary N) is 2. The molecule has 208 valence electrons. The summed E-state index contributed by atoms with van der Waals surface area (Å²) in [7, 11) is 0. The van der Waals surface area contributed by atoms with Gasteiger partial charge in [-0.25, -0.2) is 9.59 Å². The van der Waals surface area contributed by atoms with Gasteiger partial charge in [0, 0.05) is 16.8 Å². The number of amides is 1. The zero-order valence-electron chi connectivity index (χ0n) is 20.3. The Hall–Kier alpha value is -3.81. The van der Waals surface area contributed by atoms with Gasteiger partial charge in [0.2, 0.25) is 0 Å². The van der Waals surface area contributed by atoms with Gasteiger partial charge in [-0.1, -0.05) is 30.3 Å². The Bertz CT molecular complexity index is 1170. The molecule has 2 rings (SSSR count). The lowest BCUT2D eigenvalue weighted by Crippen LogP contribution is -2.69. The van der Waals surface area contributed by atoms with Gasteiger partial charge in [0.15, 0.2) is 0 Å². The maximum absolute atomic E-state index is 14.5. The van der Waals surface area contributed by atoms with Crippen molar-refractivity contribution in [3.05, 3.63) is 65.2 Å². The first-order valence-corrected chi connectivity index (χ1v) is 11.0. The molecule has 2 aromatic carbocycles. The van der Waals surface area contributed by atoms with Crippen molar-refractivity contribution >= 4 is 23.5 Å². The first-order valence-electron chi connectivity index (χ1n) is 11.0. The van der Waals surface area contributed by atoms with Crippen molar-refractivity contribution in [2.24, 2.45) is 0 Å². The Balaban J connectivity index is 2.73. The largest absolute Gasteiger partial charge is 0.463 e. The van der Waals surface area contributed by atoms with Gasteiger partial charge >= 0.3 is 30.0 Å². The van der Waals surface area contributed by atoms with E-state index in [1.807, 2.05) is 0 Å². The Morgan fingerprint density at radius 2 is 1.39 bits per heavy atom. The minimum Gasteiger partial charge on any atom is -0.463 e. The zero-order valence-corrected chi connectivity index (χ0v) is 20.3. The van der Waals surface area contributed by atoms with Crippen LogP contribution in [0.3, 0.4) is 0 Å². The second-order valence-corrected chi connectivity index (χ2v) is 7.87. The van der Waals surface area contributed by atoms with Crippen molar-refractivity contribution in [3.63, 3.8) is 0 Å². The van der Waals surface area contributed by atoms with Gasteiger partial charge in [-0.3, -0.25) is 4.79 Å². The maximum atomic E-state index is 14.5. The van der Waals surface area contributed by atoms with Crippen LogP contribution in [-0.4, -0.2) is 54.2 Å². The number of esters is 2. The lowest BCUT2D eigenvalue weighted by molar-refractivity contribution is -0.267. The van der Waals surface area contributed by atoms with Crippen LogP contribution >= 0.6 is 0 Å². The highest BCUT2D eigenvalue weighted by atomic mass is 19.4. The Kier molecular flexibility index (Phi) is 9.04. The van der Waals surface area contributed by atoms with Crippen LogP contribution in [0.15, 0.2) is 48.5 Å². The number of aryl methyl sites for hydroxylation is 1. The first kappa shape index (κ1) is 30.4. The highest BCUT2D eigenvalue weighted by molar-refractivity contribution is 5.99. The molecular formula is C24H24F6N2O6. The Labute approximate surface area is 212 Å². The molecule has 0 fully saturated rings. The molecule has 2 atom stereocenters. The summed E-state index contributed by atoms with van der Waals surface area (Å²) >= 11 is 0. The average Bonchev–Trinajstić information content (AvgIpc) is 2.83. The van der Waals surface area contributed by atoms with Crippen LogP contribution in [0, 0.1) is 6.92 Å². The number of benzene rings is 2. The van der Waals surface area contributed by atoms with Gasteiger partial charge in [0.05, 0.1) is 13.2 Å². The molecule has 0 saturated heterocycles. The molecule has 14 heteroatoms. The van der Waals surface area contributed by atoms with E-state index in [0.717, 1.165) is 18.2 Å². The van der Waals surface area contributed by atoms with Crippen molar-refractivity contribution < 1.29 is 55.3 Å². The highest BCUT2D eigenvalue weighted by Crippen LogP contribution is 2.42. The standard InChI is InChI=1S/C24H24F6N2O6/c1-4-37-19(34)21(36,23(25,26)27)16-12-11-14(3)17(13-16)31-22(24(28,29)30,20(35)38-5-2)32-18(33)15-9-7-6-8-10-15/h6-13,31,36H,4-5H2,1-3H3,(H,32,33)/t21-,22-/m0/s1. The lowest BCUT2D eigenvalue weighted by Gasteiger charge is -2.36. The molecule has 0 heterocycles. The molecule has 0 saturated carbocycles. The van der Waals surface area contributed by atoms with E-state index in [1.165, 1.54) is 39.0 Å². The van der Waals surface area contributed by atoms with Crippen molar-refractivity contribution in [1.82, 2.24) is 5.32 Å². The number of carbonyl (C=O) groups is 3. The zero-order chi connectivity index (χ0) is 28.9. The molecule has 3 N–H and O–H groups in total. The molecular weight excluding hydrogens is 526 g/mol. The number of ether oxygens (including phenoxy) is 2. The normalized spacial score (nSPS) is 15.0. The number of anilines is 1. The van der Waals surface area contributed by atoms with Gasteiger partial charge in [-0.05, 0) is 44.5 Å². The molecule has 0 aromatic heterocycles. The molecule has 0 unspecified atom stereocenters. The van der Waals surface area contributed by atoms with E-state index in [1.54, 1.807) is 10.6 Å². The molecule has 8 nitrogen and oxygen atoms in total. The Morgan fingerprint density at radius 1 is 0.842 bits per heavy atom. The van der Waals surface area contributed by atoms with Gasteiger partial charge < -0.3 is 25.2 Å². The van der Waals surface area contributed by atoms with Crippen LogP contribution in [0.4, 0.5) is 32.0 Å². The number of alkyl halides is 6. The fraction of sp³-hybridized carbons (Fsp3) is 0.375. The number of rotatable bonds is 9. The summed E-state index contributed by atoms with van der Waals surface area (Å²) in [5.74, 6) is -5.50. The smallest absolute Gasteiger partial charge is 0.441 e. The minimum absolute atomic E-state index is 0.144. The van der Waals surface area contributed by atoms with Gasteiger partial charge in [0.25, 0.3) is 11.5 Å². The number of hydrogen-bond donors (Lipinski definition) is 3. The molecule has 0 aliphatic heterocycles. The monoisotopic (exact) mass is 550 g/mol. The van der Waals surface area contributed by atoms with Crippen molar-refractivity contribution in [3.8, 4) is 0 Å². The molecule has 2 aromatic rings. The summed E-state index contributed by atoms with van der Waals surface area (Å²) in [4.78, 5) is 37.5. The SMILES string of the molecule is CCOC(=O)[C@@](NC(=O)c1ccccc1)(Nc1cc([C@](O)(C(=O)OCC)C(F)(F)F)ccc1C)C(F)(F)F. The van der Waals surface area contributed by atoms with Crippen molar-refractivity contribution in [1.29, 1.82) is 0 Å². The molecule has 0 spiro atoms. The van der Waals surface area contributed by atoms with Crippen LogP contribution in [0.2, 0.25) is 0 Å². The van der Waals surface area contributed by atoms with Gasteiger partial charge in [-0.15, -0.1) is 0 Å². The van der Waals surface area contributed by atoms with Gasteiger partial charge in [0.1, 0.15) is 0 Å². The lowest BCUT2D eigenvalue weighted by atomic mass is 9.91. The summed E-state index contributed by atoms with van der Waals surface area (Å²) in [5.41, 5.74) is -10.6. The Morgan fingerprint density at radius 3 is 1.89 bits per heavy atom. The van der Waals surface area contributed by atoms with Crippen molar-refractivity contribution in [2.45, 2.75) is 44.4 Å². The second-order valence-electron chi connectivity index (χ2n) is 7.87. The summed E-state index contributed by atoms with van der Waals surface area (Å²) in [6.45, 7) is 2.47. The summed E-state index contributed by atoms with van der Waals surface area (Å²) in [5, 5.41) is 13.7. The molecule has 0 bridgehead atoms. The molecule has 1 amide bonds.